The standard InChI is InChI=1S/C34H32Br2O2Si/c1-39(2)33(27-13-17-29(18-14-27)37-23-21-35)31(25-9-5-3-6-10-25)32(26-11-7-4-8-12-26)34(39)28-15-19-30(20-16-28)38-24-22-36/h3-20H,21-24H2,1-2H3. The molecule has 5 rings (SSSR count). The minimum absolute atomic E-state index is 0.650. The fraction of sp³-hybridized carbons (Fsp3) is 0.176. The molecular formula is C34H32Br2O2Si. The van der Waals surface area contributed by atoms with Gasteiger partial charge in [0.15, 0.2) is 0 Å². The van der Waals surface area contributed by atoms with Gasteiger partial charge in [-0.3, -0.25) is 0 Å². The van der Waals surface area contributed by atoms with Crippen LogP contribution in [0.25, 0.3) is 21.5 Å². The van der Waals surface area contributed by atoms with E-state index in [9.17, 15) is 0 Å². The van der Waals surface area contributed by atoms with Crippen molar-refractivity contribution in [2.24, 2.45) is 0 Å². The molecule has 0 bridgehead atoms. The zero-order valence-electron chi connectivity index (χ0n) is 22.3. The number of halogens is 2. The summed E-state index contributed by atoms with van der Waals surface area (Å²) in [6, 6.07) is 39.1. The van der Waals surface area contributed by atoms with E-state index in [2.05, 4.69) is 154 Å². The van der Waals surface area contributed by atoms with Gasteiger partial charge in [-0.05, 0) is 68.1 Å². The van der Waals surface area contributed by atoms with E-state index in [1.54, 1.807) is 0 Å². The first kappa shape index (κ1) is 27.7. The summed E-state index contributed by atoms with van der Waals surface area (Å²) < 4.78 is 11.8. The molecule has 0 amide bonds. The first-order chi connectivity index (χ1) is 19.0. The molecule has 0 unspecified atom stereocenters. The quantitative estimate of drug-likeness (QED) is 0.125. The van der Waals surface area contributed by atoms with Crippen LogP contribution in [0.5, 0.6) is 11.5 Å². The van der Waals surface area contributed by atoms with Gasteiger partial charge in [0, 0.05) is 10.7 Å². The zero-order valence-corrected chi connectivity index (χ0v) is 26.5. The maximum Gasteiger partial charge on any atom is 0.119 e. The van der Waals surface area contributed by atoms with Crippen molar-refractivity contribution >= 4 is 61.5 Å². The molecule has 0 saturated heterocycles. The summed E-state index contributed by atoms with van der Waals surface area (Å²) in [6.07, 6.45) is 0. The van der Waals surface area contributed by atoms with Gasteiger partial charge < -0.3 is 9.47 Å². The minimum atomic E-state index is -2.20. The van der Waals surface area contributed by atoms with Crippen molar-refractivity contribution in [3.05, 3.63) is 131 Å². The molecule has 4 aromatic carbocycles. The van der Waals surface area contributed by atoms with Gasteiger partial charge in [0.05, 0.1) is 13.2 Å². The largest absolute Gasteiger partial charge is 0.493 e. The predicted octanol–water partition coefficient (Wildman–Crippen LogP) is 9.56. The maximum atomic E-state index is 5.88. The summed E-state index contributed by atoms with van der Waals surface area (Å²) in [7, 11) is -2.20. The van der Waals surface area contributed by atoms with Crippen molar-refractivity contribution < 1.29 is 9.47 Å². The molecule has 5 heteroatoms. The van der Waals surface area contributed by atoms with Crippen molar-refractivity contribution in [1.29, 1.82) is 0 Å². The highest BCUT2D eigenvalue weighted by molar-refractivity contribution is 9.09. The normalized spacial score (nSPS) is 14.6. The second kappa shape index (κ2) is 12.5. The van der Waals surface area contributed by atoms with Gasteiger partial charge in [-0.1, -0.05) is 130 Å². The lowest BCUT2D eigenvalue weighted by Crippen LogP contribution is -2.28. The lowest BCUT2D eigenvalue weighted by molar-refractivity contribution is 0.345. The van der Waals surface area contributed by atoms with Gasteiger partial charge in [0.2, 0.25) is 0 Å². The Morgan fingerprint density at radius 3 is 1.18 bits per heavy atom. The molecule has 2 nitrogen and oxygen atoms in total. The number of alkyl halides is 2. The Morgan fingerprint density at radius 2 is 0.846 bits per heavy atom. The molecule has 0 aromatic heterocycles. The number of ether oxygens (including phenoxy) is 2. The molecular weight excluding hydrogens is 628 g/mol. The fourth-order valence-electron chi connectivity index (χ4n) is 5.55. The maximum absolute atomic E-state index is 5.88. The van der Waals surface area contributed by atoms with Gasteiger partial charge in [-0.15, -0.1) is 0 Å². The van der Waals surface area contributed by atoms with Crippen LogP contribution in [-0.4, -0.2) is 31.9 Å². The number of benzene rings is 4. The molecule has 0 saturated carbocycles. The van der Waals surface area contributed by atoms with Crippen LogP contribution in [0.15, 0.2) is 109 Å². The lowest BCUT2D eigenvalue weighted by Gasteiger charge is -2.27. The molecule has 1 aliphatic rings. The van der Waals surface area contributed by atoms with Crippen molar-refractivity contribution in [3.8, 4) is 11.5 Å². The van der Waals surface area contributed by atoms with Crippen LogP contribution in [0.3, 0.4) is 0 Å². The summed E-state index contributed by atoms with van der Waals surface area (Å²) in [4.78, 5) is 0. The Morgan fingerprint density at radius 1 is 0.487 bits per heavy atom. The second-order valence-electron chi connectivity index (χ2n) is 9.98. The molecule has 39 heavy (non-hydrogen) atoms. The highest BCUT2D eigenvalue weighted by atomic mass is 79.9. The van der Waals surface area contributed by atoms with Crippen molar-refractivity contribution in [1.82, 2.24) is 0 Å². The second-order valence-corrected chi connectivity index (χ2v) is 15.8. The molecule has 1 aliphatic heterocycles. The third-order valence-electron chi connectivity index (χ3n) is 7.10. The van der Waals surface area contributed by atoms with Crippen molar-refractivity contribution in [2.45, 2.75) is 13.1 Å². The van der Waals surface area contributed by atoms with E-state index in [0.717, 1.165) is 22.2 Å². The van der Waals surface area contributed by atoms with Crippen LogP contribution < -0.4 is 9.47 Å². The van der Waals surface area contributed by atoms with Gasteiger partial charge >= 0.3 is 0 Å². The first-order valence-corrected chi connectivity index (χ1v) is 18.5. The SMILES string of the molecule is C[Si]1(C)C(c2ccc(OCCBr)cc2)=C(c2ccccc2)C(c2ccccc2)=C1c1ccc(OCCBr)cc1. The van der Waals surface area contributed by atoms with Gasteiger partial charge in [-0.2, -0.15) is 0 Å². The summed E-state index contributed by atoms with van der Waals surface area (Å²) in [5.74, 6) is 1.79. The van der Waals surface area contributed by atoms with Crippen LogP contribution in [0.1, 0.15) is 22.3 Å². The Kier molecular flexibility index (Phi) is 8.91. The third kappa shape index (κ3) is 5.86. The molecule has 198 valence electrons. The highest BCUT2D eigenvalue weighted by Crippen LogP contribution is 2.55. The number of hydrogen-bond acceptors (Lipinski definition) is 2. The lowest BCUT2D eigenvalue weighted by atomic mass is 9.89. The summed E-state index contributed by atoms with van der Waals surface area (Å²) >= 11 is 6.91. The van der Waals surface area contributed by atoms with Gasteiger partial charge in [0.1, 0.15) is 19.6 Å². The van der Waals surface area contributed by atoms with Crippen molar-refractivity contribution in [3.63, 3.8) is 0 Å². The Labute approximate surface area is 249 Å². The monoisotopic (exact) mass is 658 g/mol. The first-order valence-electron chi connectivity index (χ1n) is 13.2. The molecule has 4 aromatic rings. The van der Waals surface area contributed by atoms with E-state index in [1.165, 1.54) is 43.8 Å². The average Bonchev–Trinajstić information content (AvgIpc) is 3.23. The molecule has 0 spiro atoms. The van der Waals surface area contributed by atoms with E-state index < -0.39 is 8.07 Å². The smallest absolute Gasteiger partial charge is 0.119 e. The van der Waals surface area contributed by atoms with Crippen molar-refractivity contribution in [2.75, 3.05) is 23.9 Å². The summed E-state index contributed by atoms with van der Waals surface area (Å²) in [5, 5.41) is 4.53. The van der Waals surface area contributed by atoms with E-state index in [4.69, 9.17) is 9.47 Å². The molecule has 1 heterocycles. The number of allylic oxidation sites excluding steroid dienone is 2. The van der Waals surface area contributed by atoms with E-state index in [1.807, 2.05) is 0 Å². The average molecular weight is 661 g/mol. The highest BCUT2D eigenvalue weighted by Gasteiger charge is 2.43. The Bertz CT molecular complexity index is 1350. The number of hydrogen-bond donors (Lipinski definition) is 0. The summed E-state index contributed by atoms with van der Waals surface area (Å²) in [5.41, 5.74) is 7.69. The fourth-order valence-corrected chi connectivity index (χ4v) is 9.68. The third-order valence-corrected chi connectivity index (χ3v) is 11.3. The molecule has 0 N–H and O–H groups in total. The Balaban J connectivity index is 1.74. The Hall–Kier alpha value is -2.86. The molecule has 0 fully saturated rings. The zero-order chi connectivity index (χ0) is 27.2. The summed E-state index contributed by atoms with van der Waals surface area (Å²) in [6.45, 7) is 6.27. The van der Waals surface area contributed by atoms with Crippen LogP contribution >= 0.6 is 31.9 Å². The van der Waals surface area contributed by atoms with E-state index in [0.29, 0.717) is 13.2 Å². The van der Waals surface area contributed by atoms with Crippen LogP contribution in [0, 0.1) is 0 Å². The van der Waals surface area contributed by atoms with E-state index >= 15 is 0 Å². The van der Waals surface area contributed by atoms with Gasteiger partial charge in [0.25, 0.3) is 0 Å². The van der Waals surface area contributed by atoms with Crippen LogP contribution in [0.4, 0.5) is 0 Å². The minimum Gasteiger partial charge on any atom is -0.493 e. The van der Waals surface area contributed by atoms with Gasteiger partial charge in [-0.25, -0.2) is 0 Å². The molecule has 0 atom stereocenters. The van der Waals surface area contributed by atoms with Crippen LogP contribution in [0.2, 0.25) is 13.1 Å². The van der Waals surface area contributed by atoms with Crippen LogP contribution in [-0.2, 0) is 0 Å². The molecule has 0 aliphatic carbocycles. The predicted molar refractivity (Wildman–Crippen MR) is 175 cm³/mol. The number of rotatable bonds is 10. The molecule has 0 radical (unpaired) electrons. The van der Waals surface area contributed by atoms with E-state index in [-0.39, 0.29) is 0 Å². The topological polar surface area (TPSA) is 18.5 Å².